The van der Waals surface area contributed by atoms with Crippen molar-refractivity contribution in [3.63, 3.8) is 0 Å². The molecule has 1 saturated carbocycles. The molecule has 3 N–H and O–H groups in total. The second kappa shape index (κ2) is 4.67. The summed E-state index contributed by atoms with van der Waals surface area (Å²) in [7, 11) is 0. The Morgan fingerprint density at radius 3 is 2.57 bits per heavy atom. The minimum Gasteiger partial charge on any atom is -0.352 e. The number of carbonyl (C=O) groups is 1. The van der Waals surface area contributed by atoms with Crippen LogP contribution in [0.1, 0.15) is 40.0 Å². The van der Waals surface area contributed by atoms with Crippen molar-refractivity contribution >= 4 is 6.03 Å². The first-order chi connectivity index (χ1) is 6.50. The molecule has 1 fully saturated rings. The number of amides is 2. The maximum Gasteiger partial charge on any atom is 0.312 e. The fraction of sp³-hybridized carbons (Fsp3) is 0.909. The van der Waals surface area contributed by atoms with E-state index in [2.05, 4.69) is 26.1 Å². The lowest BCUT2D eigenvalue weighted by molar-refractivity contribution is 0.171. The van der Waals surface area contributed by atoms with Gasteiger partial charge in [0.25, 0.3) is 0 Å². The number of urea groups is 1. The van der Waals surface area contributed by atoms with E-state index in [1.54, 1.807) is 0 Å². The third-order valence-corrected chi connectivity index (χ3v) is 3.35. The van der Waals surface area contributed by atoms with Gasteiger partial charge in [-0.3, -0.25) is 0 Å². The molecule has 0 spiro atoms. The van der Waals surface area contributed by atoms with Gasteiger partial charge in [0.1, 0.15) is 0 Å². The summed E-state index contributed by atoms with van der Waals surface area (Å²) in [4.78, 5) is 10.9. The van der Waals surface area contributed by atoms with Gasteiger partial charge in [-0.05, 0) is 30.6 Å². The van der Waals surface area contributed by atoms with Gasteiger partial charge in [-0.15, -0.1) is 0 Å². The monoisotopic (exact) mass is 198 g/mol. The predicted molar refractivity (Wildman–Crippen MR) is 57.9 cm³/mol. The number of hydrogen-bond acceptors (Lipinski definition) is 1. The molecule has 2 amide bonds. The van der Waals surface area contributed by atoms with Crippen molar-refractivity contribution in [2.75, 3.05) is 0 Å². The number of primary amides is 1. The molecule has 1 aliphatic carbocycles. The van der Waals surface area contributed by atoms with Crippen LogP contribution >= 0.6 is 0 Å². The molecule has 0 unspecified atom stereocenters. The van der Waals surface area contributed by atoms with Crippen LogP contribution in [0.2, 0.25) is 0 Å². The first kappa shape index (κ1) is 11.3. The van der Waals surface area contributed by atoms with E-state index in [0.29, 0.717) is 17.8 Å². The van der Waals surface area contributed by atoms with Gasteiger partial charge in [-0.1, -0.05) is 27.2 Å². The van der Waals surface area contributed by atoms with Crippen LogP contribution in [0.4, 0.5) is 4.79 Å². The molecule has 82 valence electrons. The van der Waals surface area contributed by atoms with Crippen molar-refractivity contribution in [3.05, 3.63) is 0 Å². The molecule has 0 bridgehead atoms. The van der Waals surface area contributed by atoms with E-state index in [1.807, 2.05) is 0 Å². The van der Waals surface area contributed by atoms with E-state index in [1.165, 1.54) is 12.8 Å². The number of nitrogens with one attached hydrogen (secondary N) is 1. The Morgan fingerprint density at radius 1 is 1.43 bits per heavy atom. The Bertz CT molecular complexity index is 203. The highest BCUT2D eigenvalue weighted by atomic mass is 16.2. The van der Waals surface area contributed by atoms with Gasteiger partial charge in [-0.25, -0.2) is 4.79 Å². The average Bonchev–Trinajstić information content (AvgIpc) is 2.01. The third-order valence-electron chi connectivity index (χ3n) is 3.35. The summed E-state index contributed by atoms with van der Waals surface area (Å²) in [5.74, 6) is 1.93. The fourth-order valence-electron chi connectivity index (χ4n) is 2.55. The summed E-state index contributed by atoms with van der Waals surface area (Å²) < 4.78 is 0. The SMILES string of the molecule is CC(C)[C@H]1CC[C@@H](C)C[C@@H]1NC(N)=O. The van der Waals surface area contributed by atoms with E-state index in [4.69, 9.17) is 5.73 Å². The molecule has 3 nitrogen and oxygen atoms in total. The standard InChI is InChI=1S/C11H22N2O/c1-7(2)9-5-4-8(3)6-10(9)13-11(12)14/h7-10H,4-6H2,1-3H3,(H3,12,13,14)/t8-,9-,10+/m1/s1. The fourth-order valence-corrected chi connectivity index (χ4v) is 2.55. The first-order valence-electron chi connectivity index (χ1n) is 5.56. The summed E-state index contributed by atoms with van der Waals surface area (Å²) in [5.41, 5.74) is 5.18. The molecule has 0 aromatic heterocycles. The van der Waals surface area contributed by atoms with E-state index < -0.39 is 0 Å². The van der Waals surface area contributed by atoms with Crippen LogP contribution in [0.15, 0.2) is 0 Å². The van der Waals surface area contributed by atoms with Crippen LogP contribution in [0.5, 0.6) is 0 Å². The van der Waals surface area contributed by atoms with Crippen LogP contribution in [0, 0.1) is 17.8 Å². The molecule has 3 atom stereocenters. The number of rotatable bonds is 2. The molecule has 14 heavy (non-hydrogen) atoms. The largest absolute Gasteiger partial charge is 0.352 e. The Labute approximate surface area is 86.4 Å². The van der Waals surface area contributed by atoms with Crippen molar-refractivity contribution in [2.45, 2.75) is 46.1 Å². The molecular formula is C11H22N2O. The molecule has 1 rings (SSSR count). The molecule has 0 radical (unpaired) electrons. The molecule has 0 aromatic carbocycles. The van der Waals surface area contributed by atoms with Gasteiger partial charge in [0.05, 0.1) is 0 Å². The van der Waals surface area contributed by atoms with Crippen LogP contribution in [0.3, 0.4) is 0 Å². The molecule has 0 aromatic rings. The number of hydrogen-bond donors (Lipinski definition) is 2. The maximum absolute atomic E-state index is 10.9. The maximum atomic E-state index is 10.9. The summed E-state index contributed by atoms with van der Waals surface area (Å²) in [6, 6.07) is -0.0917. The highest BCUT2D eigenvalue weighted by Crippen LogP contribution is 2.33. The van der Waals surface area contributed by atoms with Crippen molar-refractivity contribution in [2.24, 2.45) is 23.5 Å². The second-order valence-electron chi connectivity index (χ2n) is 4.94. The highest BCUT2D eigenvalue weighted by molar-refractivity contribution is 5.72. The van der Waals surface area contributed by atoms with Gasteiger partial charge in [-0.2, -0.15) is 0 Å². The van der Waals surface area contributed by atoms with Crippen LogP contribution < -0.4 is 11.1 Å². The predicted octanol–water partition coefficient (Wildman–Crippen LogP) is 2.12. The normalized spacial score (nSPS) is 33.0. The van der Waals surface area contributed by atoms with Crippen molar-refractivity contribution in [3.8, 4) is 0 Å². The summed E-state index contributed by atoms with van der Waals surface area (Å²) in [6.07, 6.45) is 3.56. The molecule has 0 heterocycles. The van der Waals surface area contributed by atoms with E-state index in [0.717, 1.165) is 6.42 Å². The Kier molecular flexibility index (Phi) is 3.78. The highest BCUT2D eigenvalue weighted by Gasteiger charge is 2.31. The first-order valence-corrected chi connectivity index (χ1v) is 5.56. The van der Waals surface area contributed by atoms with Crippen molar-refractivity contribution < 1.29 is 4.79 Å². The van der Waals surface area contributed by atoms with E-state index >= 15 is 0 Å². The van der Waals surface area contributed by atoms with Crippen molar-refractivity contribution in [1.82, 2.24) is 5.32 Å². The minimum absolute atomic E-state index is 0.288. The van der Waals surface area contributed by atoms with E-state index in [-0.39, 0.29) is 12.1 Å². The van der Waals surface area contributed by atoms with Gasteiger partial charge in [0, 0.05) is 6.04 Å². The average molecular weight is 198 g/mol. The molecule has 1 aliphatic rings. The Morgan fingerprint density at radius 2 is 2.07 bits per heavy atom. The van der Waals surface area contributed by atoms with Gasteiger partial charge >= 0.3 is 6.03 Å². The zero-order valence-corrected chi connectivity index (χ0v) is 9.42. The lowest BCUT2D eigenvalue weighted by Crippen LogP contribution is -2.47. The van der Waals surface area contributed by atoms with E-state index in [9.17, 15) is 4.79 Å². The van der Waals surface area contributed by atoms with Gasteiger partial charge in [0.15, 0.2) is 0 Å². The molecular weight excluding hydrogens is 176 g/mol. The van der Waals surface area contributed by atoms with Crippen molar-refractivity contribution in [1.29, 1.82) is 0 Å². The van der Waals surface area contributed by atoms with Crippen LogP contribution in [-0.2, 0) is 0 Å². The van der Waals surface area contributed by atoms with Gasteiger partial charge in [0.2, 0.25) is 0 Å². The molecule has 0 aliphatic heterocycles. The number of nitrogens with two attached hydrogens (primary N) is 1. The van der Waals surface area contributed by atoms with Gasteiger partial charge < -0.3 is 11.1 Å². The van der Waals surface area contributed by atoms with Crippen LogP contribution in [-0.4, -0.2) is 12.1 Å². The summed E-state index contributed by atoms with van der Waals surface area (Å²) in [6.45, 7) is 6.68. The summed E-state index contributed by atoms with van der Waals surface area (Å²) >= 11 is 0. The minimum atomic E-state index is -0.380. The quantitative estimate of drug-likeness (QED) is 0.701. The third kappa shape index (κ3) is 2.89. The Balaban J connectivity index is 2.58. The second-order valence-corrected chi connectivity index (χ2v) is 4.94. The summed E-state index contributed by atoms with van der Waals surface area (Å²) in [5, 5.41) is 2.88. The zero-order valence-electron chi connectivity index (χ0n) is 9.42. The van der Waals surface area contributed by atoms with Crippen LogP contribution in [0.25, 0.3) is 0 Å². The number of carbonyl (C=O) groups excluding carboxylic acids is 1. The molecule has 3 heteroatoms. The smallest absolute Gasteiger partial charge is 0.312 e. The lowest BCUT2D eigenvalue weighted by atomic mass is 9.74. The lowest BCUT2D eigenvalue weighted by Gasteiger charge is -2.37. The zero-order chi connectivity index (χ0) is 10.7. The molecule has 0 saturated heterocycles. The topological polar surface area (TPSA) is 55.1 Å². The Hall–Kier alpha value is -0.730.